The lowest BCUT2D eigenvalue weighted by atomic mass is 10.2. The maximum Gasteiger partial charge on any atom is 0.408 e. The Bertz CT molecular complexity index is 466. The number of hydrogen-bond acceptors (Lipinski definition) is 5. The highest BCUT2D eigenvalue weighted by Gasteiger charge is 2.14. The van der Waals surface area contributed by atoms with Crippen LogP contribution in [-0.4, -0.2) is 33.3 Å². The van der Waals surface area contributed by atoms with Crippen molar-refractivity contribution in [3.8, 4) is 17.6 Å². The molecule has 1 amide bonds. The van der Waals surface area contributed by atoms with Crippen LogP contribution in [0.25, 0.3) is 0 Å². The minimum atomic E-state index is -0.530. The molecule has 1 aromatic heterocycles. The standard InChI is InChI=1S/C12H15N3O3/c1-12(2,3)18-11(17)13-6-4-5-10-14-7-9(16)8-15-10/h7-8,16H,6H2,1-3H3,(H,13,17). The molecule has 6 nitrogen and oxygen atoms in total. The van der Waals surface area contributed by atoms with Gasteiger partial charge in [0.1, 0.15) is 5.60 Å². The molecule has 18 heavy (non-hydrogen) atoms. The quantitative estimate of drug-likeness (QED) is 0.727. The Morgan fingerprint density at radius 2 is 2.06 bits per heavy atom. The van der Waals surface area contributed by atoms with Gasteiger partial charge in [-0.2, -0.15) is 0 Å². The maximum atomic E-state index is 11.2. The molecule has 0 fully saturated rings. The zero-order valence-corrected chi connectivity index (χ0v) is 10.5. The molecule has 0 spiro atoms. The van der Waals surface area contributed by atoms with Crippen molar-refractivity contribution in [3.05, 3.63) is 18.2 Å². The predicted molar refractivity (Wildman–Crippen MR) is 64.8 cm³/mol. The molecule has 1 heterocycles. The number of alkyl carbamates (subject to hydrolysis) is 1. The van der Waals surface area contributed by atoms with Crippen molar-refractivity contribution in [2.45, 2.75) is 26.4 Å². The van der Waals surface area contributed by atoms with Crippen LogP contribution in [0, 0.1) is 11.8 Å². The Balaban J connectivity index is 2.38. The minimum Gasteiger partial charge on any atom is -0.505 e. The summed E-state index contributed by atoms with van der Waals surface area (Å²) >= 11 is 0. The van der Waals surface area contributed by atoms with E-state index in [0.717, 1.165) is 0 Å². The van der Waals surface area contributed by atoms with Crippen LogP contribution in [0.4, 0.5) is 4.79 Å². The van der Waals surface area contributed by atoms with E-state index in [2.05, 4.69) is 27.1 Å². The van der Waals surface area contributed by atoms with Crippen LogP contribution in [-0.2, 0) is 4.74 Å². The summed E-state index contributed by atoms with van der Waals surface area (Å²) in [6.07, 6.45) is 1.97. The largest absolute Gasteiger partial charge is 0.505 e. The Kier molecular flexibility index (Phi) is 4.49. The molecule has 1 aromatic rings. The van der Waals surface area contributed by atoms with Crippen molar-refractivity contribution < 1.29 is 14.6 Å². The van der Waals surface area contributed by atoms with Crippen molar-refractivity contribution in [3.63, 3.8) is 0 Å². The Morgan fingerprint density at radius 3 is 2.61 bits per heavy atom. The van der Waals surface area contributed by atoms with Crippen molar-refractivity contribution in [2.75, 3.05) is 6.54 Å². The monoisotopic (exact) mass is 249 g/mol. The summed E-state index contributed by atoms with van der Waals surface area (Å²) in [4.78, 5) is 18.8. The van der Waals surface area contributed by atoms with E-state index in [9.17, 15) is 4.79 Å². The number of aromatic nitrogens is 2. The third-order valence-corrected chi connectivity index (χ3v) is 1.56. The highest BCUT2D eigenvalue weighted by molar-refractivity contribution is 5.68. The average molecular weight is 249 g/mol. The van der Waals surface area contributed by atoms with E-state index in [1.807, 2.05) is 0 Å². The first-order valence-electron chi connectivity index (χ1n) is 5.33. The van der Waals surface area contributed by atoms with Crippen molar-refractivity contribution in [1.82, 2.24) is 15.3 Å². The van der Waals surface area contributed by atoms with Crippen molar-refractivity contribution >= 4 is 6.09 Å². The second-order valence-electron chi connectivity index (χ2n) is 4.42. The molecule has 1 rings (SSSR count). The van der Waals surface area contributed by atoms with Gasteiger partial charge >= 0.3 is 6.09 Å². The zero-order valence-electron chi connectivity index (χ0n) is 10.5. The van der Waals surface area contributed by atoms with Gasteiger partial charge in [-0.05, 0) is 26.7 Å². The third kappa shape index (κ3) is 5.70. The molecule has 0 aliphatic rings. The molecule has 0 radical (unpaired) electrons. The molecule has 2 N–H and O–H groups in total. The Labute approximate surface area is 105 Å². The number of amides is 1. The van der Waals surface area contributed by atoms with Gasteiger partial charge in [-0.1, -0.05) is 5.92 Å². The summed E-state index contributed by atoms with van der Waals surface area (Å²) in [6, 6.07) is 0. The summed E-state index contributed by atoms with van der Waals surface area (Å²) in [5.74, 6) is 5.56. The van der Waals surface area contributed by atoms with Crippen LogP contribution >= 0.6 is 0 Å². The summed E-state index contributed by atoms with van der Waals surface area (Å²) in [5, 5.41) is 11.4. The number of rotatable bonds is 1. The fourth-order valence-electron chi connectivity index (χ4n) is 0.940. The summed E-state index contributed by atoms with van der Waals surface area (Å²) in [6.45, 7) is 5.48. The molecule has 0 bridgehead atoms. The van der Waals surface area contributed by atoms with Gasteiger partial charge in [-0.25, -0.2) is 14.8 Å². The SMILES string of the molecule is CC(C)(C)OC(=O)NCC#Cc1ncc(O)cn1. The smallest absolute Gasteiger partial charge is 0.408 e. The molecule has 0 saturated heterocycles. The Morgan fingerprint density at radius 1 is 1.44 bits per heavy atom. The molecule has 0 aromatic carbocycles. The van der Waals surface area contributed by atoms with Gasteiger partial charge < -0.3 is 15.2 Å². The summed E-state index contributed by atoms with van der Waals surface area (Å²) in [5.41, 5.74) is -0.530. The molecule has 0 unspecified atom stereocenters. The van der Waals surface area contributed by atoms with Crippen molar-refractivity contribution in [2.24, 2.45) is 0 Å². The van der Waals surface area contributed by atoms with E-state index in [4.69, 9.17) is 9.84 Å². The molecule has 0 aliphatic carbocycles. The fourth-order valence-corrected chi connectivity index (χ4v) is 0.940. The van der Waals surface area contributed by atoms with E-state index in [1.165, 1.54) is 12.4 Å². The number of ether oxygens (including phenoxy) is 1. The lowest BCUT2D eigenvalue weighted by Crippen LogP contribution is -2.32. The number of nitrogens with one attached hydrogen (secondary N) is 1. The van der Waals surface area contributed by atoms with Crippen LogP contribution in [0.2, 0.25) is 0 Å². The zero-order chi connectivity index (χ0) is 13.6. The van der Waals surface area contributed by atoms with E-state index >= 15 is 0 Å². The normalized spacial score (nSPS) is 10.2. The van der Waals surface area contributed by atoms with Gasteiger partial charge in [0, 0.05) is 0 Å². The Hall–Kier alpha value is -2.29. The number of carbonyl (C=O) groups is 1. The lowest BCUT2D eigenvalue weighted by Gasteiger charge is -2.18. The fraction of sp³-hybridized carbons (Fsp3) is 0.417. The molecular formula is C12H15N3O3. The van der Waals surface area contributed by atoms with E-state index < -0.39 is 11.7 Å². The highest BCUT2D eigenvalue weighted by atomic mass is 16.6. The first-order chi connectivity index (χ1) is 8.37. The third-order valence-electron chi connectivity index (χ3n) is 1.56. The van der Waals surface area contributed by atoms with Gasteiger partial charge in [0.05, 0.1) is 18.9 Å². The molecule has 6 heteroatoms. The topological polar surface area (TPSA) is 84.3 Å². The molecule has 0 saturated carbocycles. The van der Waals surface area contributed by atoms with Crippen LogP contribution in [0.1, 0.15) is 26.6 Å². The number of aromatic hydroxyl groups is 1. The van der Waals surface area contributed by atoms with Gasteiger partial charge in [0.15, 0.2) is 5.75 Å². The van der Waals surface area contributed by atoms with Gasteiger partial charge in [-0.3, -0.25) is 0 Å². The molecule has 0 aliphatic heterocycles. The van der Waals surface area contributed by atoms with E-state index in [1.54, 1.807) is 20.8 Å². The highest BCUT2D eigenvalue weighted by Crippen LogP contribution is 2.06. The second kappa shape index (κ2) is 5.87. The number of hydrogen-bond donors (Lipinski definition) is 2. The molecule has 96 valence electrons. The van der Waals surface area contributed by atoms with Gasteiger partial charge in [0.2, 0.25) is 5.82 Å². The lowest BCUT2D eigenvalue weighted by molar-refractivity contribution is 0.0535. The minimum absolute atomic E-state index is 0.0209. The van der Waals surface area contributed by atoms with E-state index in [-0.39, 0.29) is 18.1 Å². The summed E-state index contributed by atoms with van der Waals surface area (Å²) < 4.78 is 5.02. The van der Waals surface area contributed by atoms with Gasteiger partial charge in [0.25, 0.3) is 0 Å². The van der Waals surface area contributed by atoms with Crippen molar-refractivity contribution in [1.29, 1.82) is 0 Å². The summed E-state index contributed by atoms with van der Waals surface area (Å²) in [7, 11) is 0. The van der Waals surface area contributed by atoms with Crippen LogP contribution in [0.5, 0.6) is 5.75 Å². The predicted octanol–water partition coefficient (Wildman–Crippen LogP) is 1.06. The molecular weight excluding hydrogens is 234 g/mol. The van der Waals surface area contributed by atoms with E-state index in [0.29, 0.717) is 0 Å². The maximum absolute atomic E-state index is 11.2. The van der Waals surface area contributed by atoms with Crippen LogP contribution < -0.4 is 5.32 Å². The first kappa shape index (κ1) is 13.8. The van der Waals surface area contributed by atoms with Gasteiger partial charge in [-0.15, -0.1) is 0 Å². The van der Waals surface area contributed by atoms with Crippen LogP contribution in [0.15, 0.2) is 12.4 Å². The first-order valence-corrected chi connectivity index (χ1v) is 5.33. The average Bonchev–Trinajstić information content (AvgIpc) is 2.24. The number of carbonyl (C=O) groups excluding carboxylic acids is 1. The number of nitrogens with zero attached hydrogens (tertiary/aromatic N) is 2. The molecule has 0 atom stereocenters. The second-order valence-corrected chi connectivity index (χ2v) is 4.42. The van der Waals surface area contributed by atoms with Crippen LogP contribution in [0.3, 0.4) is 0 Å².